The summed E-state index contributed by atoms with van der Waals surface area (Å²) in [5.74, 6) is 0. The molecule has 0 heterocycles. The molecule has 0 aliphatic rings. The van der Waals surface area contributed by atoms with Crippen molar-refractivity contribution in [2.75, 3.05) is 27.2 Å². The second-order valence-electron chi connectivity index (χ2n) is 4.19. The van der Waals surface area contributed by atoms with Gasteiger partial charge in [-0.2, -0.15) is 0 Å². The molecule has 0 amide bonds. The minimum Gasteiger partial charge on any atom is -0.385 e. The molecule has 4 heteroatoms. The van der Waals surface area contributed by atoms with Gasteiger partial charge in [0.2, 0.25) is 0 Å². The Balaban J connectivity index is 0. The molecule has 0 aromatic heterocycles. The van der Waals surface area contributed by atoms with Gasteiger partial charge in [0.1, 0.15) is 0 Å². The molecule has 0 spiro atoms. The lowest BCUT2D eigenvalue weighted by Gasteiger charge is -2.06. The lowest BCUT2D eigenvalue weighted by Crippen LogP contribution is -2.06. The number of methoxy groups -OCH3 is 1. The van der Waals surface area contributed by atoms with E-state index < -0.39 is 6.86 Å². The van der Waals surface area contributed by atoms with Crippen molar-refractivity contribution < 1.29 is 13.9 Å². The second-order valence-corrected chi connectivity index (χ2v) is 8.13. The molecular formula is C13H31FO2Si. The molecule has 0 aromatic rings. The summed E-state index contributed by atoms with van der Waals surface area (Å²) in [6.07, 6.45) is 3.23. The highest BCUT2D eigenvalue weighted by Gasteiger charge is 2.01. The molecule has 0 saturated carbocycles. The number of unbranched alkanes of at least 4 members (excludes halogenated alkanes) is 1. The first-order chi connectivity index (χ1) is 8.26. The molecule has 106 valence electrons. The number of hydrogen-bond acceptors (Lipinski definition) is 2. The predicted molar refractivity (Wildman–Crippen MR) is 76.2 cm³/mol. The van der Waals surface area contributed by atoms with Crippen LogP contribution >= 0.6 is 0 Å². The minimum atomic E-state index is -0.674. The van der Waals surface area contributed by atoms with Crippen LogP contribution in [0.5, 0.6) is 0 Å². The van der Waals surface area contributed by atoms with E-state index in [2.05, 4.69) is 25.5 Å². The number of halogens is 1. The van der Waals surface area contributed by atoms with Gasteiger partial charge < -0.3 is 9.47 Å². The Bertz CT molecular complexity index is 116. The van der Waals surface area contributed by atoms with Gasteiger partial charge in [-0.1, -0.05) is 45.3 Å². The highest BCUT2D eigenvalue weighted by molar-refractivity contribution is 6.58. The van der Waals surface area contributed by atoms with Crippen LogP contribution in [-0.4, -0.2) is 36.0 Å². The fourth-order valence-corrected chi connectivity index (χ4v) is 3.82. The van der Waals surface area contributed by atoms with Crippen LogP contribution in [0.1, 0.15) is 40.0 Å². The summed E-state index contributed by atoms with van der Waals surface area (Å²) in [4.78, 5) is 0. The maximum absolute atomic E-state index is 11.2. The van der Waals surface area contributed by atoms with E-state index >= 15 is 0 Å². The molecule has 0 atom stereocenters. The van der Waals surface area contributed by atoms with Crippen molar-refractivity contribution in [1.29, 1.82) is 0 Å². The quantitative estimate of drug-likeness (QED) is 0.439. The Morgan fingerprint density at radius 1 is 1.00 bits per heavy atom. The van der Waals surface area contributed by atoms with E-state index in [1.165, 1.54) is 18.5 Å². The van der Waals surface area contributed by atoms with Crippen molar-refractivity contribution in [2.45, 2.75) is 58.2 Å². The zero-order valence-corrected chi connectivity index (χ0v) is 13.3. The molecule has 0 aromatic carbocycles. The normalized spacial score (nSPS) is 10.2. The zero-order valence-electron chi connectivity index (χ0n) is 12.1. The molecule has 2 nitrogen and oxygen atoms in total. The molecule has 0 radical (unpaired) electrons. The van der Waals surface area contributed by atoms with Crippen LogP contribution in [0.3, 0.4) is 0 Å². The third kappa shape index (κ3) is 18.6. The van der Waals surface area contributed by atoms with Crippen LogP contribution in [-0.2, 0) is 9.47 Å². The van der Waals surface area contributed by atoms with E-state index in [9.17, 15) is 4.39 Å². The topological polar surface area (TPSA) is 18.5 Å². The Hall–Kier alpha value is 0.0669. The summed E-state index contributed by atoms with van der Waals surface area (Å²) in [7, 11) is 1.46. The Kier molecular flexibility index (Phi) is 21.0. The number of ether oxygens (including phenoxy) is 2. The molecule has 0 N–H and O–H groups in total. The van der Waals surface area contributed by atoms with Gasteiger partial charge in [0.05, 0.1) is 0 Å². The molecule has 0 fully saturated rings. The fraction of sp³-hybridized carbons (Fsp3) is 1.00. The van der Waals surface area contributed by atoms with Crippen molar-refractivity contribution in [2.24, 2.45) is 0 Å². The van der Waals surface area contributed by atoms with Gasteiger partial charge in [0.15, 0.2) is 6.86 Å². The largest absolute Gasteiger partial charge is 0.385 e. The van der Waals surface area contributed by atoms with E-state index in [1.54, 1.807) is 13.2 Å². The second kappa shape index (κ2) is 18.4. The monoisotopic (exact) mass is 266 g/mol. The zero-order chi connectivity index (χ0) is 13.4. The maximum Gasteiger partial charge on any atom is 0.188 e. The van der Waals surface area contributed by atoms with Crippen LogP contribution in [0.25, 0.3) is 0 Å². The van der Waals surface area contributed by atoms with E-state index in [-0.39, 0.29) is 8.80 Å². The van der Waals surface area contributed by atoms with Crippen LogP contribution in [0.15, 0.2) is 0 Å². The van der Waals surface area contributed by atoms with Crippen LogP contribution in [0, 0.1) is 0 Å². The van der Waals surface area contributed by atoms with Gasteiger partial charge in [-0.05, 0) is 12.8 Å². The van der Waals surface area contributed by atoms with Crippen molar-refractivity contribution in [3.63, 3.8) is 0 Å². The van der Waals surface area contributed by atoms with E-state index in [0.717, 1.165) is 19.4 Å². The van der Waals surface area contributed by atoms with E-state index in [1.807, 2.05) is 0 Å². The van der Waals surface area contributed by atoms with Crippen LogP contribution in [0.4, 0.5) is 4.39 Å². The SMILES string of the molecule is CCC[SiH](CC)CC.COCCCCOCF. The average molecular weight is 266 g/mol. The fourth-order valence-electron chi connectivity index (χ4n) is 1.61. The summed E-state index contributed by atoms with van der Waals surface area (Å²) in [5.41, 5.74) is 0. The lowest BCUT2D eigenvalue weighted by atomic mass is 10.3. The Morgan fingerprint density at radius 3 is 1.94 bits per heavy atom. The minimum absolute atomic E-state index is 0.192. The van der Waals surface area contributed by atoms with Crippen molar-refractivity contribution in [3.8, 4) is 0 Å². The molecule has 17 heavy (non-hydrogen) atoms. The smallest absolute Gasteiger partial charge is 0.188 e. The van der Waals surface area contributed by atoms with Gasteiger partial charge in [-0.3, -0.25) is 0 Å². The van der Waals surface area contributed by atoms with Crippen LogP contribution < -0.4 is 0 Å². The first-order valence-electron chi connectivity index (χ1n) is 6.89. The molecule has 0 bridgehead atoms. The molecule has 0 aliphatic carbocycles. The lowest BCUT2D eigenvalue weighted by molar-refractivity contribution is 0.0522. The third-order valence-electron chi connectivity index (χ3n) is 2.82. The number of rotatable bonds is 10. The molecule has 0 rings (SSSR count). The van der Waals surface area contributed by atoms with Crippen molar-refractivity contribution in [1.82, 2.24) is 0 Å². The number of alkyl halides is 1. The number of hydrogen-bond donors (Lipinski definition) is 0. The predicted octanol–water partition coefficient (Wildman–Crippen LogP) is 4.02. The third-order valence-corrected chi connectivity index (χ3v) is 6.52. The van der Waals surface area contributed by atoms with Gasteiger partial charge in [-0.15, -0.1) is 0 Å². The Labute approximate surface area is 108 Å². The molecule has 0 saturated heterocycles. The highest BCUT2D eigenvalue weighted by Crippen LogP contribution is 2.05. The maximum atomic E-state index is 11.2. The van der Waals surface area contributed by atoms with E-state index in [0.29, 0.717) is 6.61 Å². The first kappa shape index (κ1) is 19.4. The molecule has 0 unspecified atom stereocenters. The summed E-state index contributed by atoms with van der Waals surface area (Å²) < 4.78 is 20.5. The Morgan fingerprint density at radius 2 is 1.59 bits per heavy atom. The van der Waals surface area contributed by atoms with Crippen LogP contribution in [0.2, 0.25) is 18.1 Å². The van der Waals surface area contributed by atoms with E-state index in [4.69, 9.17) is 4.74 Å². The van der Waals surface area contributed by atoms with Gasteiger partial charge in [0, 0.05) is 29.1 Å². The van der Waals surface area contributed by atoms with Gasteiger partial charge in [-0.25, -0.2) is 4.39 Å². The first-order valence-corrected chi connectivity index (χ1v) is 9.34. The molecular weight excluding hydrogens is 235 g/mol. The van der Waals surface area contributed by atoms with Crippen molar-refractivity contribution >= 4 is 8.80 Å². The summed E-state index contributed by atoms with van der Waals surface area (Å²) in [6, 6.07) is 4.57. The summed E-state index contributed by atoms with van der Waals surface area (Å²) in [5, 5.41) is 0. The van der Waals surface area contributed by atoms with Gasteiger partial charge in [0.25, 0.3) is 0 Å². The average Bonchev–Trinajstić information content (AvgIpc) is 2.36. The molecule has 0 aliphatic heterocycles. The summed E-state index contributed by atoms with van der Waals surface area (Å²) in [6.45, 7) is 7.54. The summed E-state index contributed by atoms with van der Waals surface area (Å²) >= 11 is 0. The standard InChI is InChI=1S/C7H18Si.C6H13FO2/c1-4-7-8(5-2)6-3;1-8-4-2-3-5-9-6-7/h8H,4-7H2,1-3H3;2-6H2,1H3. The highest BCUT2D eigenvalue weighted by atomic mass is 28.3. The van der Waals surface area contributed by atoms with Gasteiger partial charge >= 0.3 is 0 Å². The van der Waals surface area contributed by atoms with Crippen molar-refractivity contribution in [3.05, 3.63) is 0 Å².